The molecule has 4 N–H and O–H groups in total. The van der Waals surface area contributed by atoms with Crippen molar-refractivity contribution in [3.05, 3.63) is 29.3 Å². The summed E-state index contributed by atoms with van der Waals surface area (Å²) >= 11 is 0. The SMILES string of the molecule is Cc1ccc(C(=O)NCCC(=O)NCC(C)C)c(N)c1. The van der Waals surface area contributed by atoms with Crippen LogP contribution in [0.5, 0.6) is 0 Å². The minimum absolute atomic E-state index is 0.0594. The van der Waals surface area contributed by atoms with Crippen molar-refractivity contribution >= 4 is 17.5 Å². The number of nitrogens with one attached hydrogen (secondary N) is 2. The molecular formula is C15H23N3O2. The molecule has 1 aromatic carbocycles. The Kier molecular flexibility index (Phi) is 6.03. The average Bonchev–Trinajstić information content (AvgIpc) is 2.36. The molecule has 0 fully saturated rings. The van der Waals surface area contributed by atoms with Gasteiger partial charge < -0.3 is 16.4 Å². The maximum Gasteiger partial charge on any atom is 0.253 e. The summed E-state index contributed by atoms with van der Waals surface area (Å²) in [6, 6.07) is 5.28. The fourth-order valence-corrected chi connectivity index (χ4v) is 1.68. The van der Waals surface area contributed by atoms with E-state index in [-0.39, 0.29) is 18.2 Å². The minimum atomic E-state index is -0.251. The predicted octanol–water partition coefficient (Wildman–Crippen LogP) is 1.47. The van der Waals surface area contributed by atoms with E-state index in [1.54, 1.807) is 12.1 Å². The molecule has 0 bridgehead atoms. The van der Waals surface area contributed by atoms with Crippen LogP contribution in [0.1, 0.15) is 36.2 Å². The number of benzene rings is 1. The van der Waals surface area contributed by atoms with Crippen LogP contribution in [0.2, 0.25) is 0 Å². The maximum absolute atomic E-state index is 11.9. The lowest BCUT2D eigenvalue weighted by Crippen LogP contribution is -2.32. The largest absolute Gasteiger partial charge is 0.398 e. The van der Waals surface area contributed by atoms with Gasteiger partial charge in [0.25, 0.3) is 5.91 Å². The second-order valence-corrected chi connectivity index (χ2v) is 5.29. The molecule has 1 aromatic rings. The summed E-state index contributed by atoms with van der Waals surface area (Å²) in [4.78, 5) is 23.4. The number of nitrogen functional groups attached to an aromatic ring is 1. The van der Waals surface area contributed by atoms with Crippen LogP contribution < -0.4 is 16.4 Å². The van der Waals surface area contributed by atoms with Gasteiger partial charge in [-0.3, -0.25) is 9.59 Å². The van der Waals surface area contributed by atoms with E-state index >= 15 is 0 Å². The lowest BCUT2D eigenvalue weighted by Gasteiger charge is -2.09. The topological polar surface area (TPSA) is 84.2 Å². The Bertz CT molecular complexity index is 484. The molecule has 0 unspecified atom stereocenters. The molecule has 0 saturated heterocycles. The summed E-state index contributed by atoms with van der Waals surface area (Å²) in [6.45, 7) is 6.93. The fraction of sp³-hybridized carbons (Fsp3) is 0.467. The van der Waals surface area contributed by atoms with Gasteiger partial charge in [0.15, 0.2) is 0 Å². The van der Waals surface area contributed by atoms with Gasteiger partial charge in [0.05, 0.1) is 5.56 Å². The molecule has 2 amide bonds. The lowest BCUT2D eigenvalue weighted by molar-refractivity contribution is -0.121. The Balaban J connectivity index is 2.38. The smallest absolute Gasteiger partial charge is 0.253 e. The molecule has 0 aromatic heterocycles. The third-order valence-electron chi connectivity index (χ3n) is 2.80. The molecule has 0 spiro atoms. The Labute approximate surface area is 119 Å². The van der Waals surface area contributed by atoms with Crippen molar-refractivity contribution in [1.82, 2.24) is 10.6 Å². The Morgan fingerprint density at radius 1 is 1.25 bits per heavy atom. The first-order valence-corrected chi connectivity index (χ1v) is 6.81. The summed E-state index contributed by atoms with van der Waals surface area (Å²) in [6.07, 6.45) is 0.268. The second kappa shape index (κ2) is 7.53. The molecule has 0 aliphatic carbocycles. The molecule has 0 saturated carbocycles. The highest BCUT2D eigenvalue weighted by molar-refractivity contribution is 5.99. The molecule has 5 heteroatoms. The van der Waals surface area contributed by atoms with Gasteiger partial charge >= 0.3 is 0 Å². The number of carbonyl (C=O) groups excluding carboxylic acids is 2. The van der Waals surface area contributed by atoms with Gasteiger partial charge in [-0.2, -0.15) is 0 Å². The summed E-state index contributed by atoms with van der Waals surface area (Å²) in [5.41, 5.74) is 7.69. The van der Waals surface area contributed by atoms with Gasteiger partial charge in [0.2, 0.25) is 5.91 Å². The van der Waals surface area contributed by atoms with Crippen molar-refractivity contribution in [1.29, 1.82) is 0 Å². The third kappa shape index (κ3) is 5.30. The van der Waals surface area contributed by atoms with Crippen LogP contribution in [0.3, 0.4) is 0 Å². The van der Waals surface area contributed by atoms with Crippen molar-refractivity contribution < 1.29 is 9.59 Å². The van der Waals surface area contributed by atoms with Crippen LogP contribution in [0.25, 0.3) is 0 Å². The number of carbonyl (C=O) groups is 2. The zero-order chi connectivity index (χ0) is 15.1. The quantitative estimate of drug-likeness (QED) is 0.688. The monoisotopic (exact) mass is 277 g/mol. The standard InChI is InChI=1S/C15H23N3O2/c1-10(2)9-18-14(19)6-7-17-15(20)12-5-4-11(3)8-13(12)16/h4-5,8,10H,6-7,9,16H2,1-3H3,(H,17,20)(H,18,19). The van der Waals surface area contributed by atoms with E-state index in [0.717, 1.165) is 5.56 Å². The van der Waals surface area contributed by atoms with E-state index in [1.165, 1.54) is 0 Å². The van der Waals surface area contributed by atoms with Gasteiger partial charge in [0.1, 0.15) is 0 Å². The van der Waals surface area contributed by atoms with E-state index in [1.807, 2.05) is 26.8 Å². The molecular weight excluding hydrogens is 254 g/mol. The average molecular weight is 277 g/mol. The minimum Gasteiger partial charge on any atom is -0.398 e. The van der Waals surface area contributed by atoms with E-state index in [0.29, 0.717) is 30.3 Å². The van der Waals surface area contributed by atoms with Crippen LogP contribution in [-0.4, -0.2) is 24.9 Å². The summed E-state index contributed by atoms with van der Waals surface area (Å²) in [5, 5.41) is 5.50. The zero-order valence-electron chi connectivity index (χ0n) is 12.3. The van der Waals surface area contributed by atoms with Crippen LogP contribution in [0.4, 0.5) is 5.69 Å². The first kappa shape index (κ1) is 16.0. The van der Waals surface area contributed by atoms with E-state index in [9.17, 15) is 9.59 Å². The summed E-state index contributed by atoms with van der Waals surface area (Å²) in [5.74, 6) is 0.107. The molecule has 1 rings (SSSR count). The Morgan fingerprint density at radius 2 is 1.95 bits per heavy atom. The molecule has 0 atom stereocenters. The van der Waals surface area contributed by atoms with Gasteiger partial charge in [-0.05, 0) is 30.5 Å². The predicted molar refractivity (Wildman–Crippen MR) is 80.4 cm³/mol. The Morgan fingerprint density at radius 3 is 2.55 bits per heavy atom. The third-order valence-corrected chi connectivity index (χ3v) is 2.80. The molecule has 0 aliphatic rings. The van der Waals surface area contributed by atoms with Crippen molar-refractivity contribution in [2.24, 2.45) is 5.92 Å². The number of rotatable bonds is 6. The van der Waals surface area contributed by atoms with E-state index < -0.39 is 0 Å². The number of hydrogen-bond donors (Lipinski definition) is 3. The highest BCUT2D eigenvalue weighted by Crippen LogP contribution is 2.13. The normalized spacial score (nSPS) is 10.4. The highest BCUT2D eigenvalue weighted by Gasteiger charge is 2.10. The van der Waals surface area contributed by atoms with E-state index in [2.05, 4.69) is 10.6 Å². The van der Waals surface area contributed by atoms with Crippen LogP contribution >= 0.6 is 0 Å². The second-order valence-electron chi connectivity index (χ2n) is 5.29. The molecule has 0 aliphatic heterocycles. The van der Waals surface area contributed by atoms with Gasteiger partial charge in [0, 0.05) is 25.2 Å². The number of anilines is 1. The number of amides is 2. The van der Waals surface area contributed by atoms with Crippen molar-refractivity contribution in [3.8, 4) is 0 Å². The molecule has 0 radical (unpaired) electrons. The van der Waals surface area contributed by atoms with Gasteiger partial charge in [-0.25, -0.2) is 0 Å². The van der Waals surface area contributed by atoms with Crippen LogP contribution in [-0.2, 0) is 4.79 Å². The summed E-state index contributed by atoms with van der Waals surface area (Å²) < 4.78 is 0. The number of hydrogen-bond acceptors (Lipinski definition) is 3. The number of nitrogens with two attached hydrogens (primary N) is 1. The van der Waals surface area contributed by atoms with E-state index in [4.69, 9.17) is 5.73 Å². The molecule has 0 heterocycles. The highest BCUT2D eigenvalue weighted by atomic mass is 16.2. The van der Waals surface area contributed by atoms with Crippen molar-refractivity contribution in [2.75, 3.05) is 18.8 Å². The number of aryl methyl sites for hydroxylation is 1. The van der Waals surface area contributed by atoms with Crippen molar-refractivity contribution in [3.63, 3.8) is 0 Å². The van der Waals surface area contributed by atoms with Gasteiger partial charge in [-0.1, -0.05) is 19.9 Å². The van der Waals surface area contributed by atoms with Crippen LogP contribution in [0.15, 0.2) is 18.2 Å². The zero-order valence-corrected chi connectivity index (χ0v) is 12.3. The first-order chi connectivity index (χ1) is 9.40. The van der Waals surface area contributed by atoms with Crippen molar-refractivity contribution in [2.45, 2.75) is 27.2 Å². The fourth-order valence-electron chi connectivity index (χ4n) is 1.68. The van der Waals surface area contributed by atoms with Gasteiger partial charge in [-0.15, -0.1) is 0 Å². The lowest BCUT2D eigenvalue weighted by atomic mass is 10.1. The first-order valence-electron chi connectivity index (χ1n) is 6.81. The van der Waals surface area contributed by atoms with Crippen LogP contribution in [0, 0.1) is 12.8 Å². The Hall–Kier alpha value is -2.04. The molecule has 20 heavy (non-hydrogen) atoms. The summed E-state index contributed by atoms with van der Waals surface area (Å²) in [7, 11) is 0. The maximum atomic E-state index is 11.9. The molecule has 5 nitrogen and oxygen atoms in total. The molecule has 110 valence electrons.